The number of halogens is 1. The van der Waals surface area contributed by atoms with E-state index in [0.717, 1.165) is 22.3 Å². The van der Waals surface area contributed by atoms with Crippen molar-refractivity contribution >= 4 is 27.5 Å². The summed E-state index contributed by atoms with van der Waals surface area (Å²) in [5, 5.41) is 2.98. The Morgan fingerprint density at radius 3 is 2.95 bits per heavy atom. The highest BCUT2D eigenvalue weighted by Crippen LogP contribution is 2.20. The molecule has 0 aliphatic carbocycles. The van der Waals surface area contributed by atoms with Crippen LogP contribution >= 0.6 is 15.9 Å². The van der Waals surface area contributed by atoms with Crippen LogP contribution in [0.4, 0.5) is 5.69 Å². The normalized spacial score (nSPS) is 20.3. The topological polar surface area (TPSA) is 32.3 Å². The van der Waals surface area contributed by atoms with Gasteiger partial charge in [-0.1, -0.05) is 22.4 Å². The van der Waals surface area contributed by atoms with Gasteiger partial charge in [0.2, 0.25) is 5.91 Å². The number of hydrogen-bond donors (Lipinski definition) is 1. The van der Waals surface area contributed by atoms with Crippen molar-refractivity contribution in [3.63, 3.8) is 0 Å². The summed E-state index contributed by atoms with van der Waals surface area (Å²) in [5.74, 6) is 0.0791. The Bertz CT molecular complexity index is 461. The minimum absolute atomic E-state index is 0.0791. The third kappa shape index (κ3) is 4.05. The number of amides is 1. The van der Waals surface area contributed by atoms with Crippen molar-refractivity contribution in [3.05, 3.63) is 28.2 Å². The van der Waals surface area contributed by atoms with Crippen molar-refractivity contribution < 1.29 is 4.79 Å². The maximum absolute atomic E-state index is 12.1. The largest absolute Gasteiger partial charge is 0.325 e. The van der Waals surface area contributed by atoms with Gasteiger partial charge in [-0.2, -0.15) is 0 Å². The summed E-state index contributed by atoms with van der Waals surface area (Å²) in [6.45, 7) is 5.76. The molecule has 1 N–H and O–H groups in total. The van der Waals surface area contributed by atoms with Gasteiger partial charge in [-0.3, -0.25) is 9.69 Å². The van der Waals surface area contributed by atoms with E-state index in [1.54, 1.807) is 0 Å². The smallest absolute Gasteiger partial charge is 0.238 e. The van der Waals surface area contributed by atoms with Gasteiger partial charge in [-0.05, 0) is 57.0 Å². The maximum atomic E-state index is 12.1. The fourth-order valence-electron chi connectivity index (χ4n) is 2.50. The van der Waals surface area contributed by atoms with Crippen molar-refractivity contribution in [2.45, 2.75) is 39.2 Å². The van der Waals surface area contributed by atoms with E-state index in [2.05, 4.69) is 33.1 Å². The third-order valence-electron chi connectivity index (χ3n) is 3.73. The Morgan fingerprint density at radius 2 is 2.26 bits per heavy atom. The zero-order chi connectivity index (χ0) is 13.8. The second-order valence-corrected chi connectivity index (χ2v) is 6.18. The van der Waals surface area contributed by atoms with Crippen molar-refractivity contribution in [2.24, 2.45) is 0 Å². The maximum Gasteiger partial charge on any atom is 0.238 e. The predicted octanol–water partition coefficient (Wildman–Crippen LogP) is 3.57. The lowest BCUT2D eigenvalue weighted by Crippen LogP contribution is -2.42. The second kappa shape index (κ2) is 6.53. The lowest BCUT2D eigenvalue weighted by atomic mass is 10.0. The number of rotatable bonds is 3. The molecular weight excluding hydrogens is 304 g/mol. The number of piperidine rings is 1. The first kappa shape index (κ1) is 14.5. The van der Waals surface area contributed by atoms with E-state index in [4.69, 9.17) is 0 Å². The van der Waals surface area contributed by atoms with Crippen molar-refractivity contribution in [2.75, 3.05) is 18.4 Å². The summed E-state index contributed by atoms with van der Waals surface area (Å²) >= 11 is 3.46. The molecule has 0 spiro atoms. The SMILES string of the molecule is Cc1cc(NC(=O)CN2CCCC[C@H]2C)ccc1Br. The van der Waals surface area contributed by atoms with Gasteiger partial charge in [-0.25, -0.2) is 0 Å². The first-order valence-electron chi connectivity index (χ1n) is 6.86. The minimum atomic E-state index is 0.0791. The Kier molecular flexibility index (Phi) is 4.99. The van der Waals surface area contributed by atoms with Crippen LogP contribution in [0.1, 0.15) is 31.7 Å². The van der Waals surface area contributed by atoms with Crippen LogP contribution in [-0.2, 0) is 4.79 Å². The standard InChI is InChI=1S/C15H21BrN2O/c1-11-9-13(6-7-14(11)16)17-15(19)10-18-8-4-3-5-12(18)2/h6-7,9,12H,3-5,8,10H2,1-2H3,(H,17,19)/t12-/m1/s1. The summed E-state index contributed by atoms with van der Waals surface area (Å²) < 4.78 is 1.06. The first-order valence-corrected chi connectivity index (χ1v) is 7.65. The molecule has 1 heterocycles. The highest BCUT2D eigenvalue weighted by molar-refractivity contribution is 9.10. The molecule has 19 heavy (non-hydrogen) atoms. The van der Waals surface area contributed by atoms with Gasteiger partial charge in [0.05, 0.1) is 6.54 Å². The molecule has 1 atom stereocenters. The molecule has 4 heteroatoms. The van der Waals surface area contributed by atoms with E-state index in [-0.39, 0.29) is 5.91 Å². The molecule has 1 aliphatic heterocycles. The molecular formula is C15H21BrN2O. The molecule has 1 aliphatic rings. The summed E-state index contributed by atoms with van der Waals surface area (Å²) in [6, 6.07) is 6.40. The van der Waals surface area contributed by atoms with E-state index in [0.29, 0.717) is 12.6 Å². The number of hydrogen-bond acceptors (Lipinski definition) is 2. The molecule has 0 unspecified atom stereocenters. The number of anilines is 1. The molecule has 0 saturated carbocycles. The monoisotopic (exact) mass is 324 g/mol. The van der Waals surface area contributed by atoms with Crippen LogP contribution in [0, 0.1) is 6.92 Å². The van der Waals surface area contributed by atoms with E-state index in [9.17, 15) is 4.79 Å². The third-order valence-corrected chi connectivity index (χ3v) is 4.62. The zero-order valence-electron chi connectivity index (χ0n) is 11.6. The van der Waals surface area contributed by atoms with Crippen molar-refractivity contribution in [1.82, 2.24) is 4.90 Å². The molecule has 0 aromatic heterocycles. The van der Waals surface area contributed by atoms with Gasteiger partial charge in [0, 0.05) is 16.2 Å². The van der Waals surface area contributed by atoms with Gasteiger partial charge in [0.25, 0.3) is 0 Å². The molecule has 2 rings (SSSR count). The molecule has 1 aromatic carbocycles. The van der Waals surface area contributed by atoms with E-state index in [1.807, 2.05) is 25.1 Å². The van der Waals surface area contributed by atoms with Gasteiger partial charge >= 0.3 is 0 Å². The number of benzene rings is 1. The van der Waals surface area contributed by atoms with Crippen LogP contribution in [-0.4, -0.2) is 29.9 Å². The lowest BCUT2D eigenvalue weighted by molar-refractivity contribution is -0.118. The van der Waals surface area contributed by atoms with E-state index in [1.165, 1.54) is 19.3 Å². The predicted molar refractivity (Wildman–Crippen MR) is 82.4 cm³/mol. The molecule has 1 fully saturated rings. The summed E-state index contributed by atoms with van der Waals surface area (Å²) in [5.41, 5.74) is 2.00. The van der Waals surface area contributed by atoms with Crippen molar-refractivity contribution in [1.29, 1.82) is 0 Å². The molecule has 104 valence electrons. The summed E-state index contributed by atoms with van der Waals surface area (Å²) in [7, 11) is 0. The Balaban J connectivity index is 1.91. The van der Waals surface area contributed by atoms with Gasteiger partial charge in [0.15, 0.2) is 0 Å². The number of carbonyl (C=O) groups excluding carboxylic acids is 1. The van der Waals surface area contributed by atoms with Gasteiger partial charge in [0.1, 0.15) is 0 Å². The Morgan fingerprint density at radius 1 is 1.47 bits per heavy atom. The molecule has 1 aromatic rings. The van der Waals surface area contributed by atoms with Crippen LogP contribution in [0.25, 0.3) is 0 Å². The molecule has 1 saturated heterocycles. The second-order valence-electron chi connectivity index (χ2n) is 5.33. The number of likely N-dealkylation sites (tertiary alicyclic amines) is 1. The average molecular weight is 325 g/mol. The average Bonchev–Trinajstić information content (AvgIpc) is 2.37. The quantitative estimate of drug-likeness (QED) is 0.921. The zero-order valence-corrected chi connectivity index (χ0v) is 13.2. The highest BCUT2D eigenvalue weighted by Gasteiger charge is 2.20. The number of nitrogens with zero attached hydrogens (tertiary/aromatic N) is 1. The van der Waals surface area contributed by atoms with Crippen LogP contribution in [0.15, 0.2) is 22.7 Å². The van der Waals surface area contributed by atoms with Crippen LogP contribution in [0.5, 0.6) is 0 Å². The van der Waals surface area contributed by atoms with E-state index >= 15 is 0 Å². The van der Waals surface area contributed by atoms with Gasteiger partial charge in [-0.15, -0.1) is 0 Å². The minimum Gasteiger partial charge on any atom is -0.325 e. The van der Waals surface area contributed by atoms with Crippen LogP contribution in [0.3, 0.4) is 0 Å². The number of aryl methyl sites for hydroxylation is 1. The summed E-state index contributed by atoms with van der Waals surface area (Å²) in [4.78, 5) is 14.3. The Labute approximate surface area is 123 Å². The lowest BCUT2D eigenvalue weighted by Gasteiger charge is -2.32. The fraction of sp³-hybridized carbons (Fsp3) is 0.533. The van der Waals surface area contributed by atoms with E-state index < -0.39 is 0 Å². The molecule has 0 bridgehead atoms. The first-order chi connectivity index (χ1) is 9.06. The molecule has 1 amide bonds. The van der Waals surface area contributed by atoms with Crippen LogP contribution < -0.4 is 5.32 Å². The highest BCUT2D eigenvalue weighted by atomic mass is 79.9. The summed E-state index contributed by atoms with van der Waals surface area (Å²) in [6.07, 6.45) is 3.69. The Hall–Kier alpha value is -0.870. The number of nitrogens with one attached hydrogen (secondary N) is 1. The molecule has 3 nitrogen and oxygen atoms in total. The van der Waals surface area contributed by atoms with Crippen molar-refractivity contribution in [3.8, 4) is 0 Å². The van der Waals surface area contributed by atoms with Gasteiger partial charge < -0.3 is 5.32 Å². The fourth-order valence-corrected chi connectivity index (χ4v) is 2.75. The number of carbonyl (C=O) groups is 1. The molecule has 0 radical (unpaired) electrons. The van der Waals surface area contributed by atoms with Crippen LogP contribution in [0.2, 0.25) is 0 Å².